The number of aliphatic hydroxyl groups is 1. The van der Waals surface area contributed by atoms with E-state index < -0.39 is 0 Å². The van der Waals surface area contributed by atoms with Crippen LogP contribution in [-0.2, 0) is 4.74 Å². The Morgan fingerprint density at radius 1 is 1.65 bits per heavy atom. The van der Waals surface area contributed by atoms with Crippen LogP contribution < -0.4 is 0 Å². The molecular formula is C15H24O2. The summed E-state index contributed by atoms with van der Waals surface area (Å²) >= 11 is 0. The van der Waals surface area contributed by atoms with Crippen molar-refractivity contribution in [1.82, 2.24) is 0 Å². The molecule has 1 N–H and O–H groups in total. The molecule has 1 fully saturated rings. The average Bonchev–Trinajstić information content (AvgIpc) is 2.36. The van der Waals surface area contributed by atoms with E-state index in [1.54, 1.807) is 7.11 Å². The van der Waals surface area contributed by atoms with Crippen LogP contribution in [0, 0.1) is 5.92 Å². The molecule has 0 heterocycles. The molecule has 1 aliphatic rings. The summed E-state index contributed by atoms with van der Waals surface area (Å²) in [7, 11) is 1.77. The molecule has 0 radical (unpaired) electrons. The van der Waals surface area contributed by atoms with Gasteiger partial charge in [0.1, 0.15) is 0 Å². The van der Waals surface area contributed by atoms with Gasteiger partial charge in [0.2, 0.25) is 0 Å². The Balaban J connectivity index is 2.72. The molecule has 0 bridgehead atoms. The lowest BCUT2D eigenvalue weighted by Crippen LogP contribution is -2.17. The summed E-state index contributed by atoms with van der Waals surface area (Å²) in [5, 5.41) is 9.08. The number of rotatable bonds is 4. The predicted molar refractivity (Wildman–Crippen MR) is 71.9 cm³/mol. The second-order valence-corrected chi connectivity index (χ2v) is 4.89. The Hall–Kier alpha value is -0.860. The summed E-state index contributed by atoms with van der Waals surface area (Å²) in [5.74, 6) is 0.224. The van der Waals surface area contributed by atoms with Crippen LogP contribution in [-0.4, -0.2) is 24.9 Å². The first kappa shape index (κ1) is 14.2. The fourth-order valence-corrected chi connectivity index (χ4v) is 1.91. The summed E-state index contributed by atoms with van der Waals surface area (Å²) in [6, 6.07) is 0. The summed E-state index contributed by atoms with van der Waals surface area (Å²) in [6.07, 6.45) is 7.60. The molecule has 2 nitrogen and oxygen atoms in total. The third-order valence-electron chi connectivity index (χ3n) is 3.60. The minimum absolute atomic E-state index is 0.202. The third kappa shape index (κ3) is 4.14. The number of ether oxygens (including phenoxy) is 1. The zero-order valence-electron chi connectivity index (χ0n) is 11.2. The Bertz CT molecular complexity index is 326. The second-order valence-electron chi connectivity index (χ2n) is 4.89. The molecule has 17 heavy (non-hydrogen) atoms. The first-order valence-corrected chi connectivity index (χ1v) is 6.27. The Morgan fingerprint density at radius 3 is 2.94 bits per heavy atom. The van der Waals surface area contributed by atoms with Gasteiger partial charge >= 0.3 is 0 Å². The molecule has 0 aromatic carbocycles. The summed E-state index contributed by atoms with van der Waals surface area (Å²) in [6.45, 7) is 8.39. The van der Waals surface area contributed by atoms with Gasteiger partial charge in [0, 0.05) is 19.6 Å². The van der Waals surface area contributed by atoms with Gasteiger partial charge < -0.3 is 9.84 Å². The summed E-state index contributed by atoms with van der Waals surface area (Å²) in [4.78, 5) is 0. The zero-order chi connectivity index (χ0) is 12.8. The SMILES string of the molecule is C=C1CCC(OC)C/C1=C/C=C(\C)[C@H](C)CO. The van der Waals surface area contributed by atoms with Crippen LogP contribution in [0.2, 0.25) is 0 Å². The van der Waals surface area contributed by atoms with Gasteiger partial charge in [-0.2, -0.15) is 0 Å². The Morgan fingerprint density at radius 2 is 2.35 bits per heavy atom. The van der Waals surface area contributed by atoms with Crippen molar-refractivity contribution in [1.29, 1.82) is 0 Å². The molecule has 2 atom stereocenters. The van der Waals surface area contributed by atoms with Gasteiger partial charge in [-0.25, -0.2) is 0 Å². The van der Waals surface area contributed by atoms with E-state index in [1.807, 2.05) is 6.92 Å². The maximum absolute atomic E-state index is 9.08. The van der Waals surface area contributed by atoms with Gasteiger partial charge in [-0.15, -0.1) is 0 Å². The van der Waals surface area contributed by atoms with Crippen LogP contribution in [0.5, 0.6) is 0 Å². The molecule has 1 rings (SSSR count). The highest BCUT2D eigenvalue weighted by Gasteiger charge is 2.18. The smallest absolute Gasteiger partial charge is 0.0614 e. The Kier molecular flexibility index (Phi) is 5.66. The first-order chi connectivity index (χ1) is 8.08. The number of allylic oxidation sites excluding steroid dienone is 3. The maximum atomic E-state index is 9.08. The van der Waals surface area contributed by atoms with Crippen molar-refractivity contribution >= 4 is 0 Å². The van der Waals surface area contributed by atoms with Crippen LogP contribution in [0.4, 0.5) is 0 Å². The van der Waals surface area contributed by atoms with E-state index >= 15 is 0 Å². The molecule has 1 aliphatic carbocycles. The summed E-state index contributed by atoms with van der Waals surface area (Å²) < 4.78 is 5.40. The molecule has 0 aromatic rings. The standard InChI is InChI=1S/C15H24O2/c1-11(13(3)10-16)5-7-14-9-15(17-4)8-6-12(14)2/h5,7,13,15-16H,2,6,8-10H2,1,3-4H3/b11-5+,14-7-/t13-,15?/m1/s1. The molecule has 1 saturated carbocycles. The van der Waals surface area contributed by atoms with Gasteiger partial charge in [-0.05, 0) is 31.8 Å². The van der Waals surface area contributed by atoms with Crippen molar-refractivity contribution in [3.05, 3.63) is 35.5 Å². The number of hydrogen-bond donors (Lipinski definition) is 1. The van der Waals surface area contributed by atoms with Gasteiger partial charge in [0.25, 0.3) is 0 Å². The summed E-state index contributed by atoms with van der Waals surface area (Å²) in [5.41, 5.74) is 3.71. The van der Waals surface area contributed by atoms with E-state index in [0.717, 1.165) is 19.3 Å². The minimum atomic E-state index is 0.202. The van der Waals surface area contributed by atoms with Crippen LogP contribution >= 0.6 is 0 Å². The molecule has 2 heteroatoms. The molecule has 96 valence electrons. The van der Waals surface area contributed by atoms with Gasteiger partial charge in [0.05, 0.1) is 6.10 Å². The Labute approximate surface area is 105 Å². The quantitative estimate of drug-likeness (QED) is 0.812. The highest BCUT2D eigenvalue weighted by atomic mass is 16.5. The lowest BCUT2D eigenvalue weighted by molar-refractivity contribution is 0.0909. The molecule has 0 aliphatic heterocycles. The lowest BCUT2D eigenvalue weighted by Gasteiger charge is -2.24. The van der Waals surface area contributed by atoms with Crippen molar-refractivity contribution in [3.8, 4) is 0 Å². The van der Waals surface area contributed by atoms with Crippen molar-refractivity contribution < 1.29 is 9.84 Å². The maximum Gasteiger partial charge on any atom is 0.0614 e. The minimum Gasteiger partial charge on any atom is -0.396 e. The molecule has 0 amide bonds. The predicted octanol–water partition coefficient (Wildman–Crippen LogP) is 3.24. The van der Waals surface area contributed by atoms with Crippen LogP contribution in [0.1, 0.15) is 33.1 Å². The van der Waals surface area contributed by atoms with Crippen molar-refractivity contribution in [3.63, 3.8) is 0 Å². The lowest BCUT2D eigenvalue weighted by atomic mass is 9.88. The normalized spacial score (nSPS) is 26.4. The fraction of sp³-hybridized carbons (Fsp3) is 0.600. The van der Waals surface area contributed by atoms with E-state index in [1.165, 1.54) is 16.7 Å². The first-order valence-electron chi connectivity index (χ1n) is 6.27. The topological polar surface area (TPSA) is 29.5 Å². The molecule has 0 spiro atoms. The highest BCUT2D eigenvalue weighted by Crippen LogP contribution is 2.29. The van der Waals surface area contributed by atoms with Crippen LogP contribution in [0.3, 0.4) is 0 Å². The van der Waals surface area contributed by atoms with Crippen LogP contribution in [0.25, 0.3) is 0 Å². The highest BCUT2D eigenvalue weighted by molar-refractivity contribution is 5.35. The third-order valence-corrected chi connectivity index (χ3v) is 3.60. The second kappa shape index (κ2) is 6.77. The average molecular weight is 236 g/mol. The van der Waals surface area contributed by atoms with Gasteiger partial charge in [0.15, 0.2) is 0 Å². The van der Waals surface area contributed by atoms with Crippen LogP contribution in [0.15, 0.2) is 35.5 Å². The largest absolute Gasteiger partial charge is 0.396 e. The van der Waals surface area contributed by atoms with Gasteiger partial charge in [-0.3, -0.25) is 0 Å². The number of hydrogen-bond acceptors (Lipinski definition) is 2. The van der Waals surface area contributed by atoms with E-state index in [9.17, 15) is 0 Å². The monoisotopic (exact) mass is 236 g/mol. The van der Waals surface area contributed by atoms with E-state index in [2.05, 4.69) is 25.7 Å². The number of aliphatic hydroxyl groups excluding tert-OH is 1. The van der Waals surface area contributed by atoms with Crippen molar-refractivity contribution in [2.75, 3.05) is 13.7 Å². The van der Waals surface area contributed by atoms with Crippen molar-refractivity contribution in [2.45, 2.75) is 39.2 Å². The van der Waals surface area contributed by atoms with Crippen molar-refractivity contribution in [2.24, 2.45) is 5.92 Å². The van der Waals surface area contributed by atoms with E-state index in [-0.39, 0.29) is 12.5 Å². The van der Waals surface area contributed by atoms with E-state index in [0.29, 0.717) is 6.10 Å². The molecule has 1 unspecified atom stereocenters. The van der Waals surface area contributed by atoms with Gasteiger partial charge in [-0.1, -0.05) is 36.8 Å². The number of methoxy groups -OCH3 is 1. The zero-order valence-corrected chi connectivity index (χ0v) is 11.2. The molecular weight excluding hydrogens is 212 g/mol. The van der Waals surface area contributed by atoms with E-state index in [4.69, 9.17) is 9.84 Å². The molecule has 0 saturated heterocycles. The fourth-order valence-electron chi connectivity index (χ4n) is 1.91. The molecule has 0 aromatic heterocycles.